The Labute approximate surface area is 133 Å². The monoisotopic (exact) mass is 354 g/mol. The summed E-state index contributed by atoms with van der Waals surface area (Å²) < 4.78 is 0.861. The van der Waals surface area contributed by atoms with Crippen LogP contribution in [0.15, 0.2) is 22.7 Å². The Morgan fingerprint density at radius 1 is 1.29 bits per heavy atom. The Balaban J connectivity index is 1.78. The van der Waals surface area contributed by atoms with Crippen molar-refractivity contribution >= 4 is 33.4 Å². The Kier molecular flexibility index (Phi) is 5.36. The van der Waals surface area contributed by atoms with Gasteiger partial charge < -0.3 is 15.5 Å². The molecule has 1 aromatic carbocycles. The number of rotatable bonds is 6. The second kappa shape index (κ2) is 7.04. The van der Waals surface area contributed by atoms with Crippen LogP contribution in [0.1, 0.15) is 18.4 Å². The van der Waals surface area contributed by atoms with Gasteiger partial charge in [0.1, 0.15) is 0 Å². The molecule has 114 valence electrons. The molecule has 2 rings (SSSR count). The van der Waals surface area contributed by atoms with Crippen molar-refractivity contribution in [3.8, 4) is 0 Å². The van der Waals surface area contributed by atoms with Crippen molar-refractivity contribution in [2.45, 2.75) is 25.8 Å². The molecule has 6 heteroatoms. The van der Waals surface area contributed by atoms with Gasteiger partial charge in [0.25, 0.3) is 11.8 Å². The molecule has 1 aliphatic rings. The number of carbonyl (C=O) groups is 2. The van der Waals surface area contributed by atoms with Gasteiger partial charge in [0.15, 0.2) is 13.1 Å². The predicted octanol–water partition coefficient (Wildman–Crippen LogP) is 0.489. The van der Waals surface area contributed by atoms with Crippen LogP contribution in [0, 0.1) is 6.92 Å². The molecule has 0 radical (unpaired) electrons. The lowest BCUT2D eigenvalue weighted by molar-refractivity contribution is -0.862. The number of hydrogen-bond donors (Lipinski definition) is 3. The minimum absolute atomic E-state index is 0.0133. The first-order chi connectivity index (χ1) is 9.94. The highest BCUT2D eigenvalue weighted by Gasteiger charge is 2.24. The number of anilines is 1. The van der Waals surface area contributed by atoms with Gasteiger partial charge >= 0.3 is 0 Å². The van der Waals surface area contributed by atoms with Crippen molar-refractivity contribution in [2.24, 2.45) is 0 Å². The van der Waals surface area contributed by atoms with Crippen LogP contribution < -0.4 is 15.5 Å². The Morgan fingerprint density at radius 3 is 2.57 bits per heavy atom. The van der Waals surface area contributed by atoms with Gasteiger partial charge in [0, 0.05) is 10.5 Å². The van der Waals surface area contributed by atoms with Crippen molar-refractivity contribution in [1.82, 2.24) is 5.32 Å². The third kappa shape index (κ3) is 5.47. The summed E-state index contributed by atoms with van der Waals surface area (Å²) in [5.41, 5.74) is 1.88. The van der Waals surface area contributed by atoms with Crippen LogP contribution in [0.5, 0.6) is 0 Å². The highest BCUT2D eigenvalue weighted by molar-refractivity contribution is 9.10. The summed E-state index contributed by atoms with van der Waals surface area (Å²) >= 11 is 3.43. The summed E-state index contributed by atoms with van der Waals surface area (Å²) in [5, 5.41) is 5.78. The van der Waals surface area contributed by atoms with E-state index in [1.54, 1.807) is 0 Å². The number of halogens is 1. The fourth-order valence-electron chi connectivity index (χ4n) is 2.03. The van der Waals surface area contributed by atoms with Crippen molar-refractivity contribution in [2.75, 3.05) is 25.5 Å². The fraction of sp³-hybridized carbons (Fsp3) is 0.467. The molecule has 5 nitrogen and oxygen atoms in total. The van der Waals surface area contributed by atoms with E-state index < -0.39 is 0 Å². The molecule has 21 heavy (non-hydrogen) atoms. The van der Waals surface area contributed by atoms with Crippen LogP contribution >= 0.6 is 15.9 Å². The molecule has 2 amide bonds. The maximum Gasteiger partial charge on any atom is 0.279 e. The summed E-state index contributed by atoms with van der Waals surface area (Å²) in [5.74, 6) is -0.0874. The average molecular weight is 355 g/mol. The van der Waals surface area contributed by atoms with Crippen molar-refractivity contribution in [3.63, 3.8) is 0 Å². The van der Waals surface area contributed by atoms with Crippen LogP contribution in [-0.4, -0.2) is 38.0 Å². The minimum atomic E-state index is -0.101. The zero-order chi connectivity index (χ0) is 15.4. The number of likely N-dealkylation sites (N-methyl/N-ethyl adjacent to an activating group) is 1. The van der Waals surface area contributed by atoms with Crippen molar-refractivity contribution in [1.29, 1.82) is 0 Å². The summed E-state index contributed by atoms with van der Waals surface area (Å²) in [7, 11) is 1.84. The number of benzene rings is 1. The molecule has 0 heterocycles. The van der Waals surface area contributed by atoms with Crippen LogP contribution in [0.25, 0.3) is 0 Å². The van der Waals surface area contributed by atoms with Gasteiger partial charge in [-0.1, -0.05) is 6.07 Å². The first-order valence-electron chi connectivity index (χ1n) is 7.10. The maximum atomic E-state index is 12.0. The summed E-state index contributed by atoms with van der Waals surface area (Å²) in [6.45, 7) is 2.57. The topological polar surface area (TPSA) is 62.6 Å². The van der Waals surface area contributed by atoms with E-state index in [1.807, 2.05) is 32.2 Å². The van der Waals surface area contributed by atoms with Gasteiger partial charge in [-0.15, -0.1) is 0 Å². The smallest absolute Gasteiger partial charge is 0.279 e. The van der Waals surface area contributed by atoms with Crippen LogP contribution in [-0.2, 0) is 9.59 Å². The molecule has 0 saturated heterocycles. The zero-order valence-corrected chi connectivity index (χ0v) is 13.9. The van der Waals surface area contributed by atoms with Crippen molar-refractivity contribution in [3.05, 3.63) is 28.2 Å². The Morgan fingerprint density at radius 2 is 1.95 bits per heavy atom. The molecule has 1 unspecified atom stereocenters. The first kappa shape index (κ1) is 16.0. The lowest BCUT2D eigenvalue weighted by Gasteiger charge is -2.14. The SMILES string of the molecule is Cc1ccc(NC(=O)C[NH+](C)CC(=O)NC2CC2)c(Br)c1. The molecule has 0 aromatic heterocycles. The molecule has 1 aliphatic carbocycles. The second-order valence-corrected chi connectivity index (χ2v) is 6.54. The Bertz CT molecular complexity index is 544. The largest absolute Gasteiger partial charge is 0.348 e. The molecule has 1 atom stereocenters. The van der Waals surface area contributed by atoms with Gasteiger partial charge in [-0.25, -0.2) is 0 Å². The minimum Gasteiger partial charge on any atom is -0.348 e. The number of quaternary nitrogens is 1. The third-order valence-electron chi connectivity index (χ3n) is 3.27. The van der Waals surface area contributed by atoms with Crippen LogP contribution in [0.4, 0.5) is 5.69 Å². The highest BCUT2D eigenvalue weighted by atomic mass is 79.9. The molecular weight excluding hydrogens is 334 g/mol. The number of amides is 2. The number of hydrogen-bond acceptors (Lipinski definition) is 2. The van der Waals surface area contributed by atoms with Gasteiger partial charge in [-0.2, -0.15) is 0 Å². The number of aryl methyl sites for hydroxylation is 1. The average Bonchev–Trinajstić information content (AvgIpc) is 3.16. The molecule has 1 aromatic rings. The number of nitrogens with one attached hydrogen (secondary N) is 3. The van der Waals surface area contributed by atoms with E-state index in [0.29, 0.717) is 12.6 Å². The molecule has 0 bridgehead atoms. The van der Waals surface area contributed by atoms with E-state index >= 15 is 0 Å². The molecule has 1 saturated carbocycles. The van der Waals surface area contributed by atoms with Crippen LogP contribution in [0.2, 0.25) is 0 Å². The van der Waals surface area contributed by atoms with Gasteiger partial charge in [-0.05, 0) is 53.4 Å². The second-order valence-electron chi connectivity index (χ2n) is 5.68. The van der Waals surface area contributed by atoms with Crippen molar-refractivity contribution < 1.29 is 14.5 Å². The lowest BCUT2D eigenvalue weighted by Crippen LogP contribution is -3.11. The molecule has 3 N–H and O–H groups in total. The van der Waals surface area contributed by atoms with Gasteiger partial charge in [0.2, 0.25) is 0 Å². The Hall–Kier alpha value is -1.40. The summed E-state index contributed by atoms with van der Waals surface area (Å²) in [6.07, 6.45) is 2.15. The predicted molar refractivity (Wildman–Crippen MR) is 85.3 cm³/mol. The first-order valence-corrected chi connectivity index (χ1v) is 7.90. The molecular formula is C15H21BrN3O2+. The standard InChI is InChI=1S/C15H20BrN3O2/c1-10-3-6-13(12(16)7-10)18-15(21)9-19(2)8-14(20)17-11-4-5-11/h3,6-7,11H,4-5,8-9H2,1-2H3,(H,17,20)(H,18,21)/p+1. The van der Waals surface area contributed by atoms with Gasteiger partial charge in [-0.3, -0.25) is 9.59 Å². The van der Waals surface area contributed by atoms with E-state index in [2.05, 4.69) is 26.6 Å². The lowest BCUT2D eigenvalue weighted by atomic mass is 10.2. The van der Waals surface area contributed by atoms with Gasteiger partial charge in [0.05, 0.1) is 12.7 Å². The maximum absolute atomic E-state index is 12.0. The third-order valence-corrected chi connectivity index (χ3v) is 3.92. The van der Waals surface area contributed by atoms with E-state index in [0.717, 1.165) is 33.5 Å². The summed E-state index contributed by atoms with van der Waals surface area (Å²) in [6, 6.07) is 6.13. The van der Waals surface area contributed by atoms with E-state index in [9.17, 15) is 9.59 Å². The van der Waals surface area contributed by atoms with E-state index in [1.165, 1.54) is 0 Å². The van der Waals surface area contributed by atoms with E-state index in [4.69, 9.17) is 0 Å². The van der Waals surface area contributed by atoms with Crippen LogP contribution in [0.3, 0.4) is 0 Å². The molecule has 0 aliphatic heterocycles. The highest BCUT2D eigenvalue weighted by Crippen LogP contribution is 2.23. The fourth-order valence-corrected chi connectivity index (χ4v) is 2.63. The normalized spacial score (nSPS) is 15.4. The summed E-state index contributed by atoms with van der Waals surface area (Å²) in [4.78, 5) is 24.5. The number of carbonyl (C=O) groups excluding carboxylic acids is 2. The quantitative estimate of drug-likeness (QED) is 0.696. The molecule has 0 spiro atoms. The molecule has 1 fully saturated rings. The zero-order valence-electron chi connectivity index (χ0n) is 12.3. The van der Waals surface area contributed by atoms with E-state index in [-0.39, 0.29) is 18.4 Å².